The lowest BCUT2D eigenvalue weighted by Crippen LogP contribution is -2.41. The number of halogens is 6. The number of hydrogen-bond acceptors (Lipinski definition) is 7. The number of hydrogen-bond donors (Lipinski definition) is 1. The van der Waals surface area contributed by atoms with Gasteiger partial charge in [0, 0.05) is 31.1 Å². The molecule has 0 aromatic carbocycles. The molecule has 1 amide bonds. The number of alkyl halides is 6. The molecule has 5 aromatic rings. The van der Waals surface area contributed by atoms with Crippen molar-refractivity contribution in [2.75, 3.05) is 6.54 Å². The maximum Gasteiger partial charge on any atom is 0.504 e. The Hall–Kier alpha value is -4.70. The monoisotopic (exact) mass is 537 g/mol. The zero-order valence-electron chi connectivity index (χ0n) is 18.7. The van der Waals surface area contributed by atoms with Gasteiger partial charge in [-0.3, -0.25) is 4.79 Å². The standard InChI is InChI=1S/C21H13F6N9O2/c22-20(23,24)11-2-1-4-35-14(11)6-13(33-35)16-15-12(28-9-29-15)3-5-34(16)19(37)18-32-31-17(38-18)10-7-30-36(8-10)21(25,26)27/h1-2,4,6-9,16H,3,5H2,(H,28,29)/t16-/m0/s1. The van der Waals surface area contributed by atoms with Crippen LogP contribution in [0.4, 0.5) is 26.3 Å². The second kappa shape index (κ2) is 8.15. The van der Waals surface area contributed by atoms with Gasteiger partial charge in [-0.25, -0.2) is 9.50 Å². The number of carbonyl (C=O) groups is 1. The van der Waals surface area contributed by atoms with E-state index in [1.165, 1.54) is 29.6 Å². The first kappa shape index (κ1) is 23.7. The summed E-state index contributed by atoms with van der Waals surface area (Å²) in [6.07, 6.45) is -4.86. The van der Waals surface area contributed by atoms with E-state index in [1.54, 1.807) is 0 Å². The van der Waals surface area contributed by atoms with Crippen LogP contribution < -0.4 is 0 Å². The topological polar surface area (TPSA) is 123 Å². The van der Waals surface area contributed by atoms with Crippen molar-refractivity contribution < 1.29 is 35.6 Å². The highest BCUT2D eigenvalue weighted by Crippen LogP contribution is 2.37. The van der Waals surface area contributed by atoms with Crippen molar-refractivity contribution in [1.29, 1.82) is 0 Å². The second-order valence-corrected chi connectivity index (χ2v) is 8.29. The van der Waals surface area contributed by atoms with Gasteiger partial charge in [0.1, 0.15) is 6.04 Å². The number of nitrogens with one attached hydrogen (secondary N) is 1. The van der Waals surface area contributed by atoms with Gasteiger partial charge >= 0.3 is 24.3 Å². The molecule has 0 radical (unpaired) electrons. The Morgan fingerprint density at radius 3 is 2.71 bits per heavy atom. The predicted molar refractivity (Wildman–Crippen MR) is 112 cm³/mol. The molecular formula is C21H13F6N9O2. The number of carbonyl (C=O) groups excluding carboxylic acids is 1. The van der Waals surface area contributed by atoms with E-state index in [-0.39, 0.29) is 33.9 Å². The molecule has 11 nitrogen and oxygen atoms in total. The Morgan fingerprint density at radius 2 is 1.97 bits per heavy atom. The fourth-order valence-corrected chi connectivity index (χ4v) is 4.32. The number of H-pyrrole nitrogens is 1. The van der Waals surface area contributed by atoms with Crippen molar-refractivity contribution in [2.24, 2.45) is 0 Å². The highest BCUT2D eigenvalue weighted by molar-refractivity contribution is 5.90. The first-order chi connectivity index (χ1) is 18.0. The van der Waals surface area contributed by atoms with Gasteiger partial charge in [-0.15, -0.1) is 23.4 Å². The molecule has 1 aliphatic heterocycles. The van der Waals surface area contributed by atoms with E-state index < -0.39 is 35.9 Å². The van der Waals surface area contributed by atoms with Crippen LogP contribution in [0.15, 0.2) is 47.5 Å². The quantitative estimate of drug-likeness (QED) is 0.349. The molecule has 0 aliphatic carbocycles. The summed E-state index contributed by atoms with van der Waals surface area (Å²) in [6, 6.07) is 2.34. The maximum absolute atomic E-state index is 13.6. The third kappa shape index (κ3) is 3.86. The Kier molecular flexibility index (Phi) is 5.08. The van der Waals surface area contributed by atoms with Crippen LogP contribution >= 0.6 is 0 Å². The lowest BCUT2D eigenvalue weighted by molar-refractivity contribution is -0.212. The molecule has 38 heavy (non-hydrogen) atoms. The van der Waals surface area contributed by atoms with Crippen LogP contribution in [0, 0.1) is 0 Å². The molecule has 5 aromatic heterocycles. The predicted octanol–water partition coefficient (Wildman–Crippen LogP) is 3.59. The van der Waals surface area contributed by atoms with E-state index in [0.29, 0.717) is 24.0 Å². The van der Waals surface area contributed by atoms with Gasteiger partial charge in [0.2, 0.25) is 0 Å². The maximum atomic E-state index is 13.6. The van der Waals surface area contributed by atoms with Gasteiger partial charge in [0.05, 0.1) is 40.6 Å². The van der Waals surface area contributed by atoms with Crippen LogP contribution in [0.1, 0.15) is 39.4 Å². The number of amides is 1. The molecule has 196 valence electrons. The molecule has 1 N–H and O–H groups in total. The minimum atomic E-state index is -4.76. The summed E-state index contributed by atoms with van der Waals surface area (Å²) >= 11 is 0. The minimum absolute atomic E-state index is 0.0857. The molecule has 0 bridgehead atoms. The summed E-state index contributed by atoms with van der Waals surface area (Å²) in [5.41, 5.74) is -0.152. The van der Waals surface area contributed by atoms with Crippen LogP contribution in [-0.4, -0.2) is 56.9 Å². The van der Waals surface area contributed by atoms with Gasteiger partial charge in [0.25, 0.3) is 5.89 Å². The zero-order valence-corrected chi connectivity index (χ0v) is 18.7. The van der Waals surface area contributed by atoms with Crippen molar-refractivity contribution in [2.45, 2.75) is 24.9 Å². The smallest absolute Gasteiger partial charge is 0.412 e. The van der Waals surface area contributed by atoms with E-state index >= 15 is 0 Å². The van der Waals surface area contributed by atoms with E-state index in [1.807, 2.05) is 0 Å². The molecular weight excluding hydrogens is 524 g/mol. The number of aromatic amines is 1. The van der Waals surface area contributed by atoms with Crippen LogP contribution in [-0.2, 0) is 18.9 Å². The average Bonchev–Trinajstić information content (AvgIpc) is 3.65. The van der Waals surface area contributed by atoms with Gasteiger partial charge in [0.15, 0.2) is 0 Å². The molecule has 0 saturated carbocycles. The number of fused-ring (bicyclic) bond motifs is 2. The largest absolute Gasteiger partial charge is 0.504 e. The molecule has 1 aliphatic rings. The fraction of sp³-hybridized carbons (Fsp3) is 0.238. The lowest BCUT2D eigenvalue weighted by Gasteiger charge is -2.32. The van der Waals surface area contributed by atoms with Crippen molar-refractivity contribution in [1.82, 2.24) is 44.5 Å². The highest BCUT2D eigenvalue weighted by Gasteiger charge is 2.40. The summed E-state index contributed by atoms with van der Waals surface area (Å²) < 4.78 is 85.4. The van der Waals surface area contributed by atoms with E-state index in [9.17, 15) is 31.1 Å². The Labute approximate surface area is 206 Å². The molecule has 0 saturated heterocycles. The van der Waals surface area contributed by atoms with Crippen LogP contribution in [0.5, 0.6) is 0 Å². The summed E-state index contributed by atoms with van der Waals surface area (Å²) in [5, 5.41) is 14.8. The van der Waals surface area contributed by atoms with E-state index in [4.69, 9.17) is 4.42 Å². The summed E-state index contributed by atoms with van der Waals surface area (Å²) in [6.45, 7) is 0.0857. The van der Waals surface area contributed by atoms with Gasteiger partial charge in [-0.05, 0) is 18.2 Å². The van der Waals surface area contributed by atoms with Crippen LogP contribution in [0.3, 0.4) is 0 Å². The fourth-order valence-electron chi connectivity index (χ4n) is 4.32. The number of aromatic nitrogens is 8. The molecule has 17 heteroatoms. The van der Waals surface area contributed by atoms with Crippen molar-refractivity contribution in [3.8, 4) is 11.5 Å². The summed E-state index contributed by atoms with van der Waals surface area (Å²) in [5.74, 6) is -1.72. The van der Waals surface area contributed by atoms with Gasteiger partial charge in [-0.1, -0.05) is 0 Å². The molecule has 6 heterocycles. The normalized spacial score (nSPS) is 16.3. The van der Waals surface area contributed by atoms with Gasteiger partial charge < -0.3 is 14.3 Å². The first-order valence-corrected chi connectivity index (χ1v) is 10.8. The highest BCUT2D eigenvalue weighted by atomic mass is 19.4. The number of imidazole rings is 1. The molecule has 0 spiro atoms. The van der Waals surface area contributed by atoms with Crippen molar-refractivity contribution in [3.63, 3.8) is 0 Å². The summed E-state index contributed by atoms with van der Waals surface area (Å²) in [4.78, 5) is 21.9. The Morgan fingerprint density at radius 1 is 1.16 bits per heavy atom. The second-order valence-electron chi connectivity index (χ2n) is 8.29. The van der Waals surface area contributed by atoms with E-state index in [0.717, 1.165) is 16.8 Å². The third-order valence-electron chi connectivity index (χ3n) is 5.99. The van der Waals surface area contributed by atoms with Crippen LogP contribution in [0.25, 0.3) is 17.0 Å². The Bertz CT molecular complexity index is 1660. The third-order valence-corrected chi connectivity index (χ3v) is 5.99. The van der Waals surface area contributed by atoms with Gasteiger partial charge in [-0.2, -0.15) is 28.1 Å². The number of rotatable bonds is 3. The van der Waals surface area contributed by atoms with Crippen molar-refractivity contribution >= 4 is 11.4 Å². The Balaban J connectivity index is 1.38. The molecule has 0 fully saturated rings. The average molecular weight is 537 g/mol. The SMILES string of the molecule is O=C(c1nnc(-c2cnn(C(F)(F)F)c2)o1)N1CCc2[nH]cnc2[C@@H]1c1cc2c(C(F)(F)F)cccn2n1. The van der Waals surface area contributed by atoms with Crippen molar-refractivity contribution in [3.05, 3.63) is 71.7 Å². The lowest BCUT2D eigenvalue weighted by atomic mass is 9.99. The minimum Gasteiger partial charge on any atom is -0.412 e. The number of nitrogens with zero attached hydrogens (tertiary/aromatic N) is 8. The first-order valence-electron chi connectivity index (χ1n) is 10.8. The van der Waals surface area contributed by atoms with E-state index in [2.05, 4.69) is 30.4 Å². The van der Waals surface area contributed by atoms with Crippen LogP contribution in [0.2, 0.25) is 0 Å². The molecule has 6 rings (SSSR count). The molecule has 1 atom stereocenters. The zero-order chi connectivity index (χ0) is 26.8. The molecule has 0 unspecified atom stereocenters. The summed E-state index contributed by atoms with van der Waals surface area (Å²) in [7, 11) is 0. The number of pyridine rings is 1.